The highest BCUT2D eigenvalue weighted by atomic mass is 15.2. The van der Waals surface area contributed by atoms with Gasteiger partial charge in [-0.05, 0) is 51.0 Å². The highest BCUT2D eigenvalue weighted by Crippen LogP contribution is 2.47. The molecule has 2 atom stereocenters. The predicted octanol–water partition coefficient (Wildman–Crippen LogP) is 3.16. The van der Waals surface area contributed by atoms with Gasteiger partial charge in [-0.15, -0.1) is 0 Å². The molecule has 2 heteroatoms. The first-order valence-corrected chi connectivity index (χ1v) is 7.46. The Hall–Kier alpha value is -0.0800. The zero-order valence-electron chi connectivity index (χ0n) is 12.0. The monoisotopic (exact) mass is 238 g/mol. The molecule has 2 nitrogen and oxygen atoms in total. The summed E-state index contributed by atoms with van der Waals surface area (Å²) in [6.07, 6.45) is 9.48. The zero-order chi connectivity index (χ0) is 12.5. The van der Waals surface area contributed by atoms with Gasteiger partial charge in [-0.2, -0.15) is 0 Å². The molecular formula is C15H30N2. The Morgan fingerprint density at radius 2 is 1.94 bits per heavy atom. The van der Waals surface area contributed by atoms with Crippen molar-refractivity contribution in [1.82, 2.24) is 4.90 Å². The molecule has 0 bridgehead atoms. The van der Waals surface area contributed by atoms with Crippen molar-refractivity contribution in [1.29, 1.82) is 0 Å². The standard InChI is InChI=1S/C15H30N2/c1-13-7-5-4-6-10-17(13)15(12-16)9-8-14(2,3)11-15/h13H,4-12,16H2,1-3H3. The van der Waals surface area contributed by atoms with Crippen LogP contribution in [0.15, 0.2) is 0 Å². The average Bonchev–Trinajstić information content (AvgIpc) is 2.46. The lowest BCUT2D eigenvalue weighted by atomic mass is 9.86. The Morgan fingerprint density at radius 1 is 1.18 bits per heavy atom. The third-order valence-corrected chi connectivity index (χ3v) is 5.12. The van der Waals surface area contributed by atoms with Crippen LogP contribution in [-0.2, 0) is 0 Å². The Balaban J connectivity index is 2.16. The SMILES string of the molecule is CC1CCCCCN1C1(CN)CCC(C)(C)C1. The van der Waals surface area contributed by atoms with Crippen molar-refractivity contribution >= 4 is 0 Å². The van der Waals surface area contributed by atoms with Gasteiger partial charge in [0.15, 0.2) is 0 Å². The highest BCUT2D eigenvalue weighted by molar-refractivity contribution is 5.03. The smallest absolute Gasteiger partial charge is 0.0339 e. The van der Waals surface area contributed by atoms with Gasteiger partial charge in [-0.25, -0.2) is 0 Å². The summed E-state index contributed by atoms with van der Waals surface area (Å²) >= 11 is 0. The number of rotatable bonds is 2. The molecule has 1 saturated carbocycles. The minimum absolute atomic E-state index is 0.313. The van der Waals surface area contributed by atoms with E-state index in [-0.39, 0.29) is 0 Å². The van der Waals surface area contributed by atoms with Crippen LogP contribution in [0.25, 0.3) is 0 Å². The average molecular weight is 238 g/mol. The molecule has 2 fully saturated rings. The first-order chi connectivity index (χ1) is 7.99. The summed E-state index contributed by atoms with van der Waals surface area (Å²) in [5, 5.41) is 0. The van der Waals surface area contributed by atoms with Gasteiger partial charge < -0.3 is 5.73 Å². The second-order valence-corrected chi connectivity index (χ2v) is 7.16. The molecule has 1 aliphatic carbocycles. The molecule has 0 aromatic heterocycles. The molecule has 0 amide bonds. The highest BCUT2D eigenvalue weighted by Gasteiger charge is 2.47. The predicted molar refractivity (Wildman–Crippen MR) is 74.1 cm³/mol. The van der Waals surface area contributed by atoms with E-state index in [1.807, 2.05) is 0 Å². The van der Waals surface area contributed by atoms with Gasteiger partial charge >= 0.3 is 0 Å². The Bertz CT molecular complexity index is 262. The third kappa shape index (κ3) is 2.68. The molecule has 0 aromatic rings. The zero-order valence-corrected chi connectivity index (χ0v) is 12.0. The van der Waals surface area contributed by atoms with E-state index in [1.54, 1.807) is 0 Å². The number of likely N-dealkylation sites (tertiary alicyclic amines) is 1. The number of nitrogens with zero attached hydrogens (tertiary/aromatic N) is 1. The molecule has 100 valence electrons. The van der Waals surface area contributed by atoms with Gasteiger partial charge in [-0.1, -0.05) is 26.7 Å². The van der Waals surface area contributed by atoms with Crippen molar-refractivity contribution < 1.29 is 0 Å². The van der Waals surface area contributed by atoms with Crippen LogP contribution in [0.5, 0.6) is 0 Å². The second kappa shape index (κ2) is 4.89. The van der Waals surface area contributed by atoms with Crippen LogP contribution in [0, 0.1) is 5.41 Å². The number of hydrogen-bond donors (Lipinski definition) is 1. The van der Waals surface area contributed by atoms with Crippen LogP contribution in [0.1, 0.15) is 65.7 Å². The van der Waals surface area contributed by atoms with E-state index in [0.29, 0.717) is 11.0 Å². The third-order valence-electron chi connectivity index (χ3n) is 5.12. The summed E-state index contributed by atoms with van der Waals surface area (Å²) < 4.78 is 0. The van der Waals surface area contributed by atoms with E-state index in [4.69, 9.17) is 5.73 Å². The molecule has 2 aliphatic rings. The molecular weight excluding hydrogens is 208 g/mol. The van der Waals surface area contributed by atoms with Crippen LogP contribution in [0.4, 0.5) is 0 Å². The van der Waals surface area contributed by atoms with Crippen LogP contribution < -0.4 is 5.73 Å². The van der Waals surface area contributed by atoms with Gasteiger partial charge in [0.1, 0.15) is 0 Å². The van der Waals surface area contributed by atoms with Crippen molar-refractivity contribution in [2.24, 2.45) is 11.1 Å². The van der Waals surface area contributed by atoms with E-state index >= 15 is 0 Å². The summed E-state index contributed by atoms with van der Waals surface area (Å²) in [6, 6.07) is 0.731. The van der Waals surface area contributed by atoms with Crippen LogP contribution in [0.2, 0.25) is 0 Å². The Morgan fingerprint density at radius 3 is 2.53 bits per heavy atom. The molecule has 0 aromatic carbocycles. The fourth-order valence-corrected chi connectivity index (χ4v) is 4.15. The number of nitrogens with two attached hydrogens (primary N) is 1. The molecule has 2 unspecified atom stereocenters. The summed E-state index contributed by atoms with van der Waals surface area (Å²) in [6.45, 7) is 9.35. The maximum absolute atomic E-state index is 6.19. The largest absolute Gasteiger partial charge is 0.329 e. The lowest BCUT2D eigenvalue weighted by Gasteiger charge is -2.44. The van der Waals surface area contributed by atoms with Crippen molar-refractivity contribution in [2.45, 2.75) is 77.3 Å². The molecule has 17 heavy (non-hydrogen) atoms. The van der Waals surface area contributed by atoms with Gasteiger partial charge in [0.05, 0.1) is 0 Å². The van der Waals surface area contributed by atoms with Gasteiger partial charge in [0.2, 0.25) is 0 Å². The van der Waals surface area contributed by atoms with Gasteiger partial charge in [-0.3, -0.25) is 4.90 Å². The van der Waals surface area contributed by atoms with E-state index in [2.05, 4.69) is 25.7 Å². The molecule has 1 aliphatic heterocycles. The quantitative estimate of drug-likeness (QED) is 0.800. The normalized spacial score (nSPS) is 39.2. The maximum Gasteiger partial charge on any atom is 0.0339 e. The van der Waals surface area contributed by atoms with Gasteiger partial charge in [0, 0.05) is 18.1 Å². The van der Waals surface area contributed by atoms with Crippen molar-refractivity contribution in [3.63, 3.8) is 0 Å². The summed E-state index contributed by atoms with van der Waals surface area (Å²) in [4.78, 5) is 2.77. The molecule has 1 heterocycles. The Kier molecular flexibility index (Phi) is 3.84. The lowest BCUT2D eigenvalue weighted by molar-refractivity contribution is 0.0536. The molecule has 0 spiro atoms. The van der Waals surface area contributed by atoms with E-state index in [1.165, 1.54) is 51.5 Å². The molecule has 2 rings (SSSR count). The van der Waals surface area contributed by atoms with E-state index in [9.17, 15) is 0 Å². The molecule has 2 N–H and O–H groups in total. The summed E-state index contributed by atoms with van der Waals surface area (Å²) in [5.41, 5.74) is 7.00. The van der Waals surface area contributed by atoms with E-state index < -0.39 is 0 Å². The minimum atomic E-state index is 0.313. The molecule has 0 radical (unpaired) electrons. The second-order valence-electron chi connectivity index (χ2n) is 7.16. The van der Waals surface area contributed by atoms with Crippen molar-refractivity contribution in [3.8, 4) is 0 Å². The van der Waals surface area contributed by atoms with Gasteiger partial charge in [0.25, 0.3) is 0 Å². The first kappa shape index (κ1) is 13.4. The maximum atomic E-state index is 6.19. The fraction of sp³-hybridized carbons (Fsp3) is 1.00. The first-order valence-electron chi connectivity index (χ1n) is 7.46. The minimum Gasteiger partial charge on any atom is -0.329 e. The topological polar surface area (TPSA) is 29.3 Å². The van der Waals surface area contributed by atoms with Crippen molar-refractivity contribution in [3.05, 3.63) is 0 Å². The van der Waals surface area contributed by atoms with Crippen LogP contribution in [0.3, 0.4) is 0 Å². The van der Waals surface area contributed by atoms with Crippen molar-refractivity contribution in [2.75, 3.05) is 13.1 Å². The number of hydrogen-bond acceptors (Lipinski definition) is 2. The fourth-order valence-electron chi connectivity index (χ4n) is 4.15. The van der Waals surface area contributed by atoms with Crippen LogP contribution in [-0.4, -0.2) is 29.6 Å². The van der Waals surface area contributed by atoms with Crippen LogP contribution >= 0.6 is 0 Å². The molecule has 1 saturated heterocycles. The summed E-state index contributed by atoms with van der Waals surface area (Å²) in [5.74, 6) is 0. The summed E-state index contributed by atoms with van der Waals surface area (Å²) in [7, 11) is 0. The van der Waals surface area contributed by atoms with E-state index in [0.717, 1.165) is 12.6 Å². The lowest BCUT2D eigenvalue weighted by Crippen LogP contribution is -2.56. The Labute approximate surface area is 107 Å².